The molecule has 0 N–H and O–H groups in total. The topological polar surface area (TPSA) is 57.7 Å². The number of hydrogen-bond acceptors (Lipinski definition) is 3. The zero-order valence-corrected chi connectivity index (χ0v) is 15.0. The molecule has 1 saturated heterocycles. The van der Waals surface area contributed by atoms with Gasteiger partial charge in [-0.15, -0.1) is 0 Å². The summed E-state index contributed by atoms with van der Waals surface area (Å²) in [6.07, 6.45) is 2.26. The van der Waals surface area contributed by atoms with E-state index in [1.807, 2.05) is 0 Å². The molecule has 0 spiro atoms. The second kappa shape index (κ2) is 6.39. The summed E-state index contributed by atoms with van der Waals surface area (Å²) in [5, 5.41) is 0. The number of fused-ring (bicyclic) bond motifs is 1. The Kier molecular flexibility index (Phi) is 4.19. The number of anilines is 2. The molecule has 1 amide bonds. The fourth-order valence-electron chi connectivity index (χ4n) is 3.61. The number of nitrogens with zero attached hydrogens (tertiary/aromatic N) is 2. The van der Waals surface area contributed by atoms with Crippen LogP contribution in [0.3, 0.4) is 0 Å². The number of sulfonamides is 1. The molecule has 136 valence electrons. The van der Waals surface area contributed by atoms with Crippen molar-refractivity contribution in [3.8, 4) is 0 Å². The molecule has 2 aromatic rings. The van der Waals surface area contributed by atoms with Crippen molar-refractivity contribution in [1.82, 2.24) is 0 Å². The van der Waals surface area contributed by atoms with Crippen LogP contribution in [0.4, 0.5) is 15.8 Å². The Labute approximate surface area is 152 Å². The zero-order chi connectivity index (χ0) is 18.3. The van der Waals surface area contributed by atoms with E-state index in [1.165, 1.54) is 16.4 Å². The minimum atomic E-state index is -3.24. The molecule has 0 atom stereocenters. The lowest BCUT2D eigenvalue weighted by Gasteiger charge is -2.29. The fraction of sp³-hybridized carbons (Fsp3) is 0.316. The Morgan fingerprint density at radius 3 is 2.46 bits per heavy atom. The van der Waals surface area contributed by atoms with Gasteiger partial charge < -0.3 is 4.90 Å². The van der Waals surface area contributed by atoms with Crippen LogP contribution in [0.5, 0.6) is 0 Å². The first-order valence-electron chi connectivity index (χ1n) is 8.66. The normalized spacial score (nSPS) is 18.7. The molecular formula is C19H19FN2O3S. The zero-order valence-electron chi connectivity index (χ0n) is 14.2. The van der Waals surface area contributed by atoms with Crippen LogP contribution in [0.15, 0.2) is 42.5 Å². The van der Waals surface area contributed by atoms with Crippen LogP contribution in [0.1, 0.15) is 28.8 Å². The first-order valence-corrected chi connectivity index (χ1v) is 10.3. The van der Waals surface area contributed by atoms with Gasteiger partial charge in [0.05, 0.1) is 17.1 Å². The minimum absolute atomic E-state index is 0.157. The van der Waals surface area contributed by atoms with Crippen LogP contribution in [-0.4, -0.2) is 33.2 Å². The minimum Gasteiger partial charge on any atom is -0.308 e. The molecule has 0 unspecified atom stereocenters. The van der Waals surface area contributed by atoms with E-state index in [4.69, 9.17) is 0 Å². The van der Waals surface area contributed by atoms with Crippen LogP contribution in [-0.2, 0) is 16.4 Å². The smallest absolute Gasteiger partial charge is 0.258 e. The Bertz CT molecular complexity index is 957. The Hall–Kier alpha value is -2.41. The van der Waals surface area contributed by atoms with E-state index in [9.17, 15) is 17.6 Å². The quantitative estimate of drug-likeness (QED) is 0.812. The van der Waals surface area contributed by atoms with Gasteiger partial charge in [0.2, 0.25) is 10.0 Å². The predicted octanol–water partition coefficient (Wildman–Crippen LogP) is 2.96. The monoisotopic (exact) mass is 374 g/mol. The predicted molar refractivity (Wildman–Crippen MR) is 98.6 cm³/mol. The van der Waals surface area contributed by atoms with Gasteiger partial charge in [0.15, 0.2) is 0 Å². The Morgan fingerprint density at radius 2 is 1.77 bits per heavy atom. The molecule has 0 aliphatic carbocycles. The van der Waals surface area contributed by atoms with Crippen molar-refractivity contribution in [2.75, 3.05) is 28.0 Å². The third kappa shape index (κ3) is 2.96. The largest absolute Gasteiger partial charge is 0.308 e. The molecule has 5 nitrogen and oxygen atoms in total. The summed E-state index contributed by atoms with van der Waals surface area (Å²) in [6, 6.07) is 11.1. The van der Waals surface area contributed by atoms with E-state index in [2.05, 4.69) is 0 Å². The average Bonchev–Trinajstić information content (AvgIpc) is 3.00. The molecule has 2 heterocycles. The lowest BCUT2D eigenvalue weighted by atomic mass is 10.0. The van der Waals surface area contributed by atoms with Crippen molar-refractivity contribution < 1.29 is 17.6 Å². The van der Waals surface area contributed by atoms with Crippen molar-refractivity contribution in [3.63, 3.8) is 0 Å². The highest BCUT2D eigenvalue weighted by Gasteiger charge is 2.29. The van der Waals surface area contributed by atoms with E-state index in [1.54, 1.807) is 35.2 Å². The average molecular weight is 374 g/mol. The summed E-state index contributed by atoms with van der Waals surface area (Å²) in [6.45, 7) is 1.01. The highest BCUT2D eigenvalue weighted by atomic mass is 32.2. The van der Waals surface area contributed by atoms with Crippen molar-refractivity contribution in [3.05, 3.63) is 59.4 Å². The van der Waals surface area contributed by atoms with Gasteiger partial charge >= 0.3 is 0 Å². The highest BCUT2D eigenvalue weighted by Crippen LogP contribution is 2.30. The number of carbonyl (C=O) groups excluding carboxylic acids is 1. The summed E-state index contributed by atoms with van der Waals surface area (Å²) >= 11 is 0. The molecule has 0 saturated carbocycles. The molecule has 7 heteroatoms. The Balaban J connectivity index is 1.61. The molecule has 26 heavy (non-hydrogen) atoms. The van der Waals surface area contributed by atoms with E-state index < -0.39 is 10.0 Å². The highest BCUT2D eigenvalue weighted by molar-refractivity contribution is 7.93. The van der Waals surface area contributed by atoms with Crippen molar-refractivity contribution in [2.45, 2.75) is 19.3 Å². The van der Waals surface area contributed by atoms with Crippen LogP contribution in [0.2, 0.25) is 0 Å². The first kappa shape index (κ1) is 17.0. The molecule has 2 aliphatic heterocycles. The maximum absolute atomic E-state index is 13.6. The van der Waals surface area contributed by atoms with Crippen molar-refractivity contribution in [2.24, 2.45) is 0 Å². The third-order valence-electron chi connectivity index (χ3n) is 4.91. The number of amides is 1. The number of halogens is 1. The van der Waals surface area contributed by atoms with E-state index in [0.29, 0.717) is 36.4 Å². The Morgan fingerprint density at radius 1 is 1.00 bits per heavy atom. The maximum atomic E-state index is 13.6. The van der Waals surface area contributed by atoms with Crippen LogP contribution >= 0.6 is 0 Å². The maximum Gasteiger partial charge on any atom is 0.258 e. The molecule has 1 fully saturated rings. The second-order valence-electron chi connectivity index (χ2n) is 6.62. The first-order chi connectivity index (χ1) is 12.5. The van der Waals surface area contributed by atoms with Gasteiger partial charge in [0, 0.05) is 18.7 Å². The van der Waals surface area contributed by atoms with Gasteiger partial charge in [-0.05, 0) is 61.2 Å². The summed E-state index contributed by atoms with van der Waals surface area (Å²) < 4.78 is 39.0. The summed E-state index contributed by atoms with van der Waals surface area (Å²) in [5.41, 5.74) is 2.62. The lowest BCUT2D eigenvalue weighted by molar-refractivity contribution is 0.0985. The molecule has 2 aliphatic rings. The SMILES string of the molecule is O=C(c1ccc(N2CCCS2(=O)=O)cc1)N1CCCc2ccc(F)cc21. The molecule has 2 aromatic carbocycles. The summed E-state index contributed by atoms with van der Waals surface area (Å²) in [4.78, 5) is 14.5. The van der Waals surface area contributed by atoms with Gasteiger partial charge in [0.25, 0.3) is 5.91 Å². The van der Waals surface area contributed by atoms with Gasteiger partial charge in [-0.25, -0.2) is 12.8 Å². The molecule has 0 radical (unpaired) electrons. The van der Waals surface area contributed by atoms with Crippen LogP contribution in [0, 0.1) is 5.82 Å². The summed E-state index contributed by atoms with van der Waals surface area (Å²) in [5.74, 6) is -0.408. The van der Waals surface area contributed by atoms with Gasteiger partial charge in [0.1, 0.15) is 5.82 Å². The number of hydrogen-bond donors (Lipinski definition) is 0. The number of carbonyl (C=O) groups is 1. The molecule has 4 rings (SSSR count). The number of rotatable bonds is 2. The standard InChI is InChI=1S/C19H19FN2O3S/c20-16-7-4-14-3-1-10-21(18(14)13-16)19(23)15-5-8-17(9-6-15)22-11-2-12-26(22,24)25/h4-9,13H,1-3,10-12H2. The second-order valence-corrected chi connectivity index (χ2v) is 8.63. The van der Waals surface area contributed by atoms with E-state index >= 15 is 0 Å². The molecule has 0 aromatic heterocycles. The number of benzene rings is 2. The molecular weight excluding hydrogens is 355 g/mol. The number of aryl methyl sites for hydroxylation is 1. The lowest BCUT2D eigenvalue weighted by Crippen LogP contribution is -2.35. The summed E-state index contributed by atoms with van der Waals surface area (Å²) in [7, 11) is -3.24. The van der Waals surface area contributed by atoms with Crippen molar-refractivity contribution in [1.29, 1.82) is 0 Å². The van der Waals surface area contributed by atoms with E-state index in [0.717, 1.165) is 18.4 Å². The third-order valence-corrected chi connectivity index (χ3v) is 6.78. The van der Waals surface area contributed by atoms with Crippen molar-refractivity contribution >= 4 is 27.3 Å². The van der Waals surface area contributed by atoms with Gasteiger partial charge in [-0.2, -0.15) is 0 Å². The van der Waals surface area contributed by atoms with Gasteiger partial charge in [-0.1, -0.05) is 6.07 Å². The van der Waals surface area contributed by atoms with E-state index in [-0.39, 0.29) is 17.5 Å². The van der Waals surface area contributed by atoms with Gasteiger partial charge in [-0.3, -0.25) is 9.10 Å². The fourth-order valence-corrected chi connectivity index (χ4v) is 5.18. The van der Waals surface area contributed by atoms with Crippen LogP contribution < -0.4 is 9.21 Å². The molecule has 0 bridgehead atoms. The van der Waals surface area contributed by atoms with Crippen LogP contribution in [0.25, 0.3) is 0 Å².